The van der Waals surface area contributed by atoms with E-state index in [2.05, 4.69) is 21.6 Å². The van der Waals surface area contributed by atoms with Crippen molar-refractivity contribution in [1.82, 2.24) is 10.2 Å². The molecule has 1 aromatic carbocycles. The van der Waals surface area contributed by atoms with E-state index in [1.807, 2.05) is 18.4 Å². The first kappa shape index (κ1) is 15.6. The Morgan fingerprint density at radius 1 is 1.24 bits per heavy atom. The van der Waals surface area contributed by atoms with Gasteiger partial charge < -0.3 is 15.4 Å². The number of nitrogens with zero attached hydrogens (tertiary/aromatic N) is 2. The number of carbonyl (C=O) groups is 1. The van der Waals surface area contributed by atoms with Crippen molar-refractivity contribution in [3.05, 3.63) is 58.9 Å². The minimum Gasteiger partial charge on any atom is -0.379 e. The Bertz CT molecular complexity index is 855. The molecule has 0 saturated carbocycles. The third-order valence-corrected chi connectivity index (χ3v) is 4.55. The molecule has 0 radical (unpaired) electrons. The topological polar surface area (TPSA) is 77.4 Å². The highest BCUT2D eigenvalue weighted by Crippen LogP contribution is 2.34. The molecule has 3 aliphatic rings. The molecule has 0 aromatic heterocycles. The summed E-state index contributed by atoms with van der Waals surface area (Å²) in [6.07, 6.45) is 5.91. The second-order valence-electron chi connectivity index (χ2n) is 6.20. The van der Waals surface area contributed by atoms with Crippen LogP contribution in [0.25, 0.3) is 5.57 Å². The molecule has 3 heterocycles. The van der Waals surface area contributed by atoms with E-state index >= 15 is 0 Å². The van der Waals surface area contributed by atoms with Crippen LogP contribution in [-0.4, -0.2) is 43.7 Å². The smallest absolute Gasteiger partial charge is 0.258 e. The van der Waals surface area contributed by atoms with Crippen LogP contribution in [0.4, 0.5) is 5.69 Å². The number of carbonyl (C=O) groups excluding carboxylic acids is 1. The summed E-state index contributed by atoms with van der Waals surface area (Å²) in [4.78, 5) is 14.7. The first-order valence-electron chi connectivity index (χ1n) is 8.28. The van der Waals surface area contributed by atoms with Crippen molar-refractivity contribution in [2.45, 2.75) is 0 Å². The van der Waals surface area contributed by atoms with Gasteiger partial charge in [0.15, 0.2) is 0 Å². The van der Waals surface area contributed by atoms with Gasteiger partial charge in [-0.05, 0) is 29.8 Å². The zero-order chi connectivity index (χ0) is 17.2. The largest absolute Gasteiger partial charge is 0.379 e. The van der Waals surface area contributed by atoms with Crippen molar-refractivity contribution < 1.29 is 9.53 Å². The second-order valence-corrected chi connectivity index (χ2v) is 6.20. The van der Waals surface area contributed by atoms with Gasteiger partial charge in [0.1, 0.15) is 0 Å². The zero-order valence-electron chi connectivity index (χ0n) is 13.7. The summed E-state index contributed by atoms with van der Waals surface area (Å²) in [5, 5.41) is 15.2. The molecule has 3 aliphatic heterocycles. The number of ether oxygens (including phenoxy) is 1. The lowest BCUT2D eigenvalue weighted by Crippen LogP contribution is -2.37. The van der Waals surface area contributed by atoms with Crippen LogP contribution in [0.1, 0.15) is 11.1 Å². The fraction of sp³-hybridized carbons (Fsp3) is 0.263. The lowest BCUT2D eigenvalue weighted by molar-refractivity contribution is -0.110. The molecule has 1 saturated heterocycles. The first-order valence-corrected chi connectivity index (χ1v) is 8.28. The molecule has 1 aromatic rings. The summed E-state index contributed by atoms with van der Waals surface area (Å²) in [6.45, 7) is 4.28. The number of fused-ring (bicyclic) bond motifs is 1. The van der Waals surface area contributed by atoms with Crippen LogP contribution >= 0.6 is 0 Å². The Morgan fingerprint density at radius 2 is 2.08 bits per heavy atom. The summed E-state index contributed by atoms with van der Waals surface area (Å²) < 4.78 is 5.37. The Hall–Kier alpha value is -2.88. The van der Waals surface area contributed by atoms with Crippen molar-refractivity contribution in [3.8, 4) is 6.07 Å². The van der Waals surface area contributed by atoms with Gasteiger partial charge in [-0.3, -0.25) is 9.69 Å². The number of allylic oxidation sites excluding steroid dienone is 1. The SMILES string of the molecule is N#Cc1ccc2c(c1)/C(=C1/C=CC(CN3CCOCC3)=CN1)C(=O)N2. The van der Waals surface area contributed by atoms with Crippen LogP contribution in [-0.2, 0) is 9.53 Å². The molecule has 4 rings (SSSR count). The number of hydrogen-bond acceptors (Lipinski definition) is 5. The summed E-state index contributed by atoms with van der Waals surface area (Å²) in [5.41, 5.74) is 4.53. The predicted molar refractivity (Wildman–Crippen MR) is 94.3 cm³/mol. The second kappa shape index (κ2) is 6.55. The third kappa shape index (κ3) is 3.07. The molecule has 25 heavy (non-hydrogen) atoms. The average Bonchev–Trinajstić information content (AvgIpc) is 2.98. The summed E-state index contributed by atoms with van der Waals surface area (Å²) in [7, 11) is 0. The van der Waals surface area contributed by atoms with Crippen LogP contribution in [0.3, 0.4) is 0 Å². The average molecular weight is 334 g/mol. The predicted octanol–water partition coefficient (Wildman–Crippen LogP) is 1.60. The zero-order valence-corrected chi connectivity index (χ0v) is 13.7. The van der Waals surface area contributed by atoms with Crippen LogP contribution < -0.4 is 10.6 Å². The van der Waals surface area contributed by atoms with E-state index in [4.69, 9.17) is 10.00 Å². The number of nitrogens with one attached hydrogen (secondary N) is 2. The quantitative estimate of drug-likeness (QED) is 0.803. The fourth-order valence-corrected chi connectivity index (χ4v) is 3.23. The molecule has 0 atom stereocenters. The normalized spacial score (nSPS) is 22.7. The van der Waals surface area contributed by atoms with Gasteiger partial charge in [-0.2, -0.15) is 5.26 Å². The van der Waals surface area contributed by atoms with Gasteiger partial charge in [0.25, 0.3) is 5.91 Å². The Balaban J connectivity index is 1.56. The molecule has 6 nitrogen and oxygen atoms in total. The van der Waals surface area contributed by atoms with E-state index in [0.29, 0.717) is 11.1 Å². The minimum absolute atomic E-state index is 0.151. The number of benzene rings is 1. The standard InChI is InChI=1S/C19H18N4O2/c20-10-13-1-3-16-15(9-13)18(19(24)22-16)17-4-2-14(11-21-17)12-23-5-7-25-8-6-23/h1-4,9,11,21H,5-8,12H2,(H,22,24)/b18-17+. The lowest BCUT2D eigenvalue weighted by Gasteiger charge is -2.27. The molecular weight excluding hydrogens is 316 g/mol. The van der Waals surface area contributed by atoms with Crippen LogP contribution in [0.15, 0.2) is 47.8 Å². The van der Waals surface area contributed by atoms with Crippen LogP contribution in [0.5, 0.6) is 0 Å². The highest BCUT2D eigenvalue weighted by atomic mass is 16.5. The maximum absolute atomic E-state index is 12.4. The maximum atomic E-state index is 12.4. The molecular formula is C19H18N4O2. The van der Waals surface area contributed by atoms with Gasteiger partial charge in [0, 0.05) is 37.1 Å². The molecule has 0 spiro atoms. The summed E-state index contributed by atoms with van der Waals surface area (Å²) in [6, 6.07) is 7.34. The highest BCUT2D eigenvalue weighted by Gasteiger charge is 2.27. The van der Waals surface area contributed by atoms with Crippen molar-refractivity contribution in [1.29, 1.82) is 5.26 Å². The van der Waals surface area contributed by atoms with Crippen LogP contribution in [0.2, 0.25) is 0 Å². The molecule has 2 N–H and O–H groups in total. The van der Waals surface area contributed by atoms with Crippen molar-refractivity contribution in [3.63, 3.8) is 0 Å². The molecule has 1 fully saturated rings. The van der Waals surface area contributed by atoms with Crippen molar-refractivity contribution in [2.75, 3.05) is 38.2 Å². The van der Waals surface area contributed by atoms with E-state index in [-0.39, 0.29) is 5.91 Å². The van der Waals surface area contributed by atoms with Crippen molar-refractivity contribution in [2.24, 2.45) is 0 Å². The third-order valence-electron chi connectivity index (χ3n) is 4.55. The Labute approximate surface area is 146 Å². The maximum Gasteiger partial charge on any atom is 0.258 e. The molecule has 0 bridgehead atoms. The molecule has 0 unspecified atom stereocenters. The van der Waals surface area contributed by atoms with Gasteiger partial charge >= 0.3 is 0 Å². The number of amides is 1. The van der Waals surface area contributed by atoms with Gasteiger partial charge in [-0.25, -0.2) is 0 Å². The number of dihydropyridines is 1. The van der Waals surface area contributed by atoms with Gasteiger partial charge in [0.2, 0.25) is 0 Å². The van der Waals surface area contributed by atoms with E-state index in [1.54, 1.807) is 18.2 Å². The van der Waals surface area contributed by atoms with E-state index in [9.17, 15) is 4.79 Å². The first-order chi connectivity index (χ1) is 12.2. The van der Waals surface area contributed by atoms with Gasteiger partial charge in [-0.15, -0.1) is 0 Å². The number of anilines is 1. The number of rotatable bonds is 2. The Kier molecular flexibility index (Phi) is 4.10. The van der Waals surface area contributed by atoms with E-state index in [0.717, 1.165) is 55.4 Å². The summed E-state index contributed by atoms with van der Waals surface area (Å²) >= 11 is 0. The molecule has 0 aliphatic carbocycles. The van der Waals surface area contributed by atoms with Gasteiger partial charge in [-0.1, -0.05) is 6.08 Å². The monoisotopic (exact) mass is 334 g/mol. The van der Waals surface area contributed by atoms with Crippen molar-refractivity contribution >= 4 is 17.2 Å². The number of hydrogen-bond donors (Lipinski definition) is 2. The van der Waals surface area contributed by atoms with E-state index < -0.39 is 0 Å². The number of nitriles is 1. The molecule has 6 heteroatoms. The fourth-order valence-electron chi connectivity index (χ4n) is 3.23. The lowest BCUT2D eigenvalue weighted by atomic mass is 10.0. The molecule has 126 valence electrons. The Morgan fingerprint density at radius 3 is 2.80 bits per heavy atom. The number of morpholine rings is 1. The van der Waals surface area contributed by atoms with Gasteiger partial charge in [0.05, 0.1) is 36.1 Å². The highest BCUT2D eigenvalue weighted by molar-refractivity contribution is 6.32. The summed E-state index contributed by atoms with van der Waals surface area (Å²) in [5.74, 6) is -0.151. The minimum atomic E-state index is -0.151. The molecule has 1 amide bonds. The van der Waals surface area contributed by atoms with E-state index in [1.165, 1.54) is 0 Å². The van der Waals surface area contributed by atoms with Crippen LogP contribution in [0, 0.1) is 11.3 Å².